The smallest absolute Gasteiger partial charge is 0.124 e. The van der Waals surface area contributed by atoms with Crippen LogP contribution in [0.2, 0.25) is 0 Å². The second kappa shape index (κ2) is 5.65. The van der Waals surface area contributed by atoms with E-state index in [0.717, 1.165) is 11.3 Å². The predicted octanol–water partition coefficient (Wildman–Crippen LogP) is 3.35. The number of rotatable bonds is 4. The number of ether oxygens (including phenoxy) is 1. The number of anilines is 1. The minimum atomic E-state index is 0.0438. The maximum atomic E-state index is 9.49. The molecule has 1 N–H and O–H groups in total. The van der Waals surface area contributed by atoms with Gasteiger partial charge in [-0.15, -0.1) is 0 Å². The molecule has 0 bridgehead atoms. The van der Waals surface area contributed by atoms with Gasteiger partial charge in [0.15, 0.2) is 0 Å². The minimum absolute atomic E-state index is 0.0438. The van der Waals surface area contributed by atoms with Gasteiger partial charge in [-0.1, -0.05) is 19.3 Å². The molecule has 3 nitrogen and oxygen atoms in total. The number of benzene rings is 1. The highest BCUT2D eigenvalue weighted by Crippen LogP contribution is 2.45. The van der Waals surface area contributed by atoms with E-state index in [1.54, 1.807) is 0 Å². The van der Waals surface area contributed by atoms with Gasteiger partial charge in [0.05, 0.1) is 13.2 Å². The van der Waals surface area contributed by atoms with Gasteiger partial charge in [-0.3, -0.25) is 0 Å². The highest BCUT2D eigenvalue weighted by Gasteiger charge is 2.43. The topological polar surface area (TPSA) is 32.7 Å². The summed E-state index contributed by atoms with van der Waals surface area (Å²) in [5.41, 5.74) is 2.72. The molecule has 0 amide bonds. The lowest BCUT2D eigenvalue weighted by Gasteiger charge is -2.53. The van der Waals surface area contributed by atoms with Crippen molar-refractivity contribution >= 4 is 5.69 Å². The van der Waals surface area contributed by atoms with Crippen LogP contribution in [-0.2, 0) is 6.61 Å². The lowest BCUT2D eigenvalue weighted by Crippen LogP contribution is -2.57. The van der Waals surface area contributed by atoms with Crippen LogP contribution < -0.4 is 9.64 Å². The van der Waals surface area contributed by atoms with Crippen molar-refractivity contribution in [3.63, 3.8) is 0 Å². The van der Waals surface area contributed by atoms with Gasteiger partial charge >= 0.3 is 0 Å². The van der Waals surface area contributed by atoms with Crippen LogP contribution in [0, 0.1) is 5.41 Å². The number of hydrogen-bond acceptors (Lipinski definition) is 3. The Hall–Kier alpha value is -1.22. The third kappa shape index (κ3) is 2.51. The Morgan fingerprint density at radius 1 is 1.20 bits per heavy atom. The van der Waals surface area contributed by atoms with E-state index < -0.39 is 0 Å². The molecular formula is C17H25NO2. The van der Waals surface area contributed by atoms with Crippen LogP contribution in [0.4, 0.5) is 5.69 Å². The fraction of sp³-hybridized carbons (Fsp3) is 0.647. The Bertz CT molecular complexity index is 458. The first kappa shape index (κ1) is 13.7. The SMILES string of the molecule is CCOc1ccc(N2CC3(CCCCC3)C2)cc1CO. The fourth-order valence-corrected chi connectivity index (χ4v) is 3.75. The zero-order valence-electron chi connectivity index (χ0n) is 12.4. The van der Waals surface area contributed by atoms with Crippen molar-refractivity contribution in [2.75, 3.05) is 24.6 Å². The molecule has 0 atom stereocenters. The van der Waals surface area contributed by atoms with Crippen molar-refractivity contribution in [1.82, 2.24) is 0 Å². The van der Waals surface area contributed by atoms with Crippen LogP contribution in [0.3, 0.4) is 0 Å². The van der Waals surface area contributed by atoms with E-state index in [1.165, 1.54) is 50.9 Å². The summed E-state index contributed by atoms with van der Waals surface area (Å²) in [6, 6.07) is 6.21. The average Bonchev–Trinajstić information content (AvgIpc) is 2.46. The fourth-order valence-electron chi connectivity index (χ4n) is 3.75. The lowest BCUT2D eigenvalue weighted by molar-refractivity contribution is 0.139. The largest absolute Gasteiger partial charge is 0.494 e. The molecule has 1 heterocycles. The van der Waals surface area contributed by atoms with Gasteiger partial charge in [0, 0.05) is 29.8 Å². The Labute approximate surface area is 121 Å². The predicted molar refractivity (Wildman–Crippen MR) is 81.3 cm³/mol. The zero-order valence-corrected chi connectivity index (χ0v) is 12.4. The van der Waals surface area contributed by atoms with Gasteiger partial charge in [0.25, 0.3) is 0 Å². The van der Waals surface area contributed by atoms with E-state index in [4.69, 9.17) is 4.74 Å². The molecule has 3 heteroatoms. The van der Waals surface area contributed by atoms with Gasteiger partial charge in [-0.05, 0) is 38.0 Å². The van der Waals surface area contributed by atoms with Gasteiger partial charge in [-0.25, -0.2) is 0 Å². The van der Waals surface area contributed by atoms with Crippen LogP contribution in [-0.4, -0.2) is 24.8 Å². The van der Waals surface area contributed by atoms with E-state index in [1.807, 2.05) is 13.0 Å². The van der Waals surface area contributed by atoms with E-state index >= 15 is 0 Å². The molecule has 110 valence electrons. The number of aliphatic hydroxyl groups is 1. The first-order valence-electron chi connectivity index (χ1n) is 7.88. The van der Waals surface area contributed by atoms with Crippen LogP contribution in [0.15, 0.2) is 18.2 Å². The molecule has 0 aromatic heterocycles. The maximum Gasteiger partial charge on any atom is 0.124 e. The van der Waals surface area contributed by atoms with Crippen LogP contribution in [0.5, 0.6) is 5.75 Å². The van der Waals surface area contributed by atoms with Crippen molar-refractivity contribution in [3.05, 3.63) is 23.8 Å². The summed E-state index contributed by atoms with van der Waals surface area (Å²) in [7, 11) is 0. The van der Waals surface area contributed by atoms with E-state index in [9.17, 15) is 5.11 Å². The van der Waals surface area contributed by atoms with Gasteiger partial charge in [0.2, 0.25) is 0 Å². The molecule has 1 spiro atoms. The summed E-state index contributed by atoms with van der Waals surface area (Å²) >= 11 is 0. The van der Waals surface area contributed by atoms with Crippen molar-refractivity contribution in [2.24, 2.45) is 5.41 Å². The Kier molecular flexibility index (Phi) is 3.88. The van der Waals surface area contributed by atoms with E-state index in [0.29, 0.717) is 12.0 Å². The Balaban J connectivity index is 1.69. The summed E-state index contributed by atoms with van der Waals surface area (Å²) in [5.74, 6) is 0.812. The molecule has 1 aromatic carbocycles. The summed E-state index contributed by atoms with van der Waals surface area (Å²) in [6.45, 7) is 5.02. The third-order valence-corrected chi connectivity index (χ3v) is 4.85. The first-order chi connectivity index (χ1) is 9.76. The normalized spacial score (nSPS) is 20.8. The molecule has 0 radical (unpaired) electrons. The second-order valence-electron chi connectivity index (χ2n) is 6.30. The summed E-state index contributed by atoms with van der Waals surface area (Å²) in [4.78, 5) is 2.44. The summed E-state index contributed by atoms with van der Waals surface area (Å²) in [6.07, 6.45) is 7.01. The monoisotopic (exact) mass is 275 g/mol. The quantitative estimate of drug-likeness (QED) is 0.914. The van der Waals surface area contributed by atoms with Gasteiger partial charge in [-0.2, -0.15) is 0 Å². The maximum absolute atomic E-state index is 9.49. The Morgan fingerprint density at radius 3 is 2.60 bits per heavy atom. The third-order valence-electron chi connectivity index (χ3n) is 4.85. The number of nitrogens with zero attached hydrogens (tertiary/aromatic N) is 1. The lowest BCUT2D eigenvalue weighted by atomic mass is 9.68. The van der Waals surface area contributed by atoms with E-state index in [2.05, 4.69) is 17.0 Å². The van der Waals surface area contributed by atoms with Gasteiger partial charge in [0.1, 0.15) is 5.75 Å². The molecule has 20 heavy (non-hydrogen) atoms. The van der Waals surface area contributed by atoms with Crippen molar-refractivity contribution < 1.29 is 9.84 Å². The molecule has 1 aliphatic carbocycles. The van der Waals surface area contributed by atoms with Crippen molar-refractivity contribution in [1.29, 1.82) is 0 Å². The van der Waals surface area contributed by atoms with Crippen LogP contribution in [0.1, 0.15) is 44.6 Å². The molecular weight excluding hydrogens is 250 g/mol. The molecule has 2 fully saturated rings. The van der Waals surface area contributed by atoms with Crippen LogP contribution in [0.25, 0.3) is 0 Å². The number of aliphatic hydroxyl groups excluding tert-OH is 1. The molecule has 0 unspecified atom stereocenters. The molecule has 1 saturated heterocycles. The average molecular weight is 275 g/mol. The van der Waals surface area contributed by atoms with E-state index in [-0.39, 0.29) is 6.61 Å². The first-order valence-corrected chi connectivity index (χ1v) is 7.88. The highest BCUT2D eigenvalue weighted by atomic mass is 16.5. The molecule has 1 saturated carbocycles. The standard InChI is InChI=1S/C17H25NO2/c1-2-20-16-7-6-15(10-14(16)11-19)18-12-17(13-18)8-4-3-5-9-17/h6-7,10,19H,2-5,8-9,11-13H2,1H3. The van der Waals surface area contributed by atoms with Gasteiger partial charge < -0.3 is 14.7 Å². The molecule has 1 aliphatic heterocycles. The number of hydrogen-bond donors (Lipinski definition) is 1. The second-order valence-corrected chi connectivity index (χ2v) is 6.30. The Morgan fingerprint density at radius 2 is 1.95 bits per heavy atom. The van der Waals surface area contributed by atoms with Crippen molar-refractivity contribution in [3.8, 4) is 5.75 Å². The minimum Gasteiger partial charge on any atom is -0.494 e. The van der Waals surface area contributed by atoms with Crippen LogP contribution >= 0.6 is 0 Å². The highest BCUT2D eigenvalue weighted by molar-refractivity contribution is 5.55. The molecule has 1 aromatic rings. The summed E-state index contributed by atoms with van der Waals surface area (Å²) < 4.78 is 5.55. The molecule has 3 rings (SSSR count). The summed E-state index contributed by atoms with van der Waals surface area (Å²) in [5, 5.41) is 9.49. The zero-order chi connectivity index (χ0) is 14.0. The molecule has 2 aliphatic rings. The van der Waals surface area contributed by atoms with Crippen molar-refractivity contribution in [2.45, 2.75) is 45.6 Å².